The number of halogens is 6. The monoisotopic (exact) mass is 640 g/mol. The highest BCUT2D eigenvalue weighted by molar-refractivity contribution is 5.68. The molecule has 0 bridgehead atoms. The lowest BCUT2D eigenvalue weighted by molar-refractivity contribution is -0.000995. The molecule has 0 spiro atoms. The number of rotatable bonds is 10. The van der Waals surface area contributed by atoms with Gasteiger partial charge in [0.1, 0.15) is 6.10 Å². The van der Waals surface area contributed by atoms with Crippen LogP contribution in [0.5, 0.6) is 0 Å². The van der Waals surface area contributed by atoms with Crippen LogP contribution in [0, 0.1) is 46.7 Å². The summed E-state index contributed by atoms with van der Waals surface area (Å²) in [6.45, 7) is 2.14. The van der Waals surface area contributed by atoms with Crippen LogP contribution in [0.2, 0.25) is 0 Å². The first-order chi connectivity index (χ1) is 22.3. The lowest BCUT2D eigenvalue weighted by Gasteiger charge is -2.35. The fraction of sp³-hybridized carbons (Fsp3) is 0.421. The molecule has 6 rings (SSSR count). The molecule has 0 N–H and O–H groups in total. The molecular weight excluding hydrogens is 602 g/mol. The predicted molar refractivity (Wildman–Crippen MR) is 166 cm³/mol. The molecule has 1 aliphatic heterocycles. The van der Waals surface area contributed by atoms with Crippen LogP contribution in [0.3, 0.4) is 0 Å². The average Bonchev–Trinajstić information content (AvgIpc) is 3.92. The molecule has 1 saturated carbocycles. The summed E-state index contributed by atoms with van der Waals surface area (Å²) in [5.41, 5.74) is 1.01. The third-order valence-corrected chi connectivity index (χ3v) is 9.88. The first-order valence-corrected chi connectivity index (χ1v) is 16.2. The Balaban J connectivity index is 1.01. The van der Waals surface area contributed by atoms with Crippen LogP contribution in [0.15, 0.2) is 54.6 Å². The van der Waals surface area contributed by atoms with Gasteiger partial charge in [0.25, 0.3) is 0 Å². The minimum absolute atomic E-state index is 0.0264. The van der Waals surface area contributed by atoms with E-state index < -0.39 is 34.9 Å². The van der Waals surface area contributed by atoms with Gasteiger partial charge in [-0.1, -0.05) is 54.6 Å². The van der Waals surface area contributed by atoms with Crippen molar-refractivity contribution in [2.75, 3.05) is 6.61 Å². The standard InChI is InChI=1S/C38H38F6O2/c1-2-3-4-5-25-12-16-29(36(42)33(25)39)30-17-13-26(34(40)37(30)43)20-45-27-14-10-23(11-15-27)22-6-8-24(9-7-22)28-18-19-31(32-21-46-32)38(44)35(28)41/h2-3,8,12-13,16-19,22-23,27,32H,4-7,9-11,14-15,20-21H2,1H3/b3-2+. The maximum Gasteiger partial charge on any atom is 0.167 e. The quantitative estimate of drug-likeness (QED) is 0.125. The van der Waals surface area contributed by atoms with Crippen molar-refractivity contribution in [3.05, 3.63) is 112 Å². The minimum Gasteiger partial charge on any atom is -0.373 e. The van der Waals surface area contributed by atoms with Crippen molar-refractivity contribution in [1.82, 2.24) is 0 Å². The van der Waals surface area contributed by atoms with Gasteiger partial charge in [-0.2, -0.15) is 0 Å². The molecule has 2 atom stereocenters. The highest BCUT2D eigenvalue weighted by atomic mass is 19.2. The van der Waals surface area contributed by atoms with Gasteiger partial charge in [0.2, 0.25) is 0 Å². The topological polar surface area (TPSA) is 21.8 Å². The van der Waals surface area contributed by atoms with E-state index in [1.54, 1.807) is 12.1 Å². The van der Waals surface area contributed by atoms with Crippen molar-refractivity contribution in [2.24, 2.45) is 11.8 Å². The molecule has 244 valence electrons. The summed E-state index contributed by atoms with van der Waals surface area (Å²) in [6.07, 6.45) is 12.0. The lowest BCUT2D eigenvalue weighted by atomic mass is 9.72. The van der Waals surface area contributed by atoms with Gasteiger partial charge in [-0.3, -0.25) is 0 Å². The van der Waals surface area contributed by atoms with E-state index in [1.165, 1.54) is 24.3 Å². The molecule has 2 nitrogen and oxygen atoms in total. The second-order valence-electron chi connectivity index (χ2n) is 12.7. The van der Waals surface area contributed by atoms with E-state index in [9.17, 15) is 17.6 Å². The van der Waals surface area contributed by atoms with Crippen molar-refractivity contribution in [3.63, 3.8) is 0 Å². The third kappa shape index (κ3) is 6.84. The van der Waals surface area contributed by atoms with Crippen molar-refractivity contribution in [2.45, 2.75) is 83.5 Å². The zero-order valence-corrected chi connectivity index (χ0v) is 25.9. The summed E-state index contributed by atoms with van der Waals surface area (Å²) in [5.74, 6) is -5.29. The van der Waals surface area contributed by atoms with Crippen molar-refractivity contribution in [3.8, 4) is 11.1 Å². The Hall–Kier alpha value is -3.36. The average molecular weight is 641 g/mol. The fourth-order valence-electron chi connectivity index (χ4n) is 7.06. The fourth-order valence-corrected chi connectivity index (χ4v) is 7.06. The van der Waals surface area contributed by atoms with Crippen LogP contribution in [0.25, 0.3) is 16.7 Å². The maximum atomic E-state index is 15.1. The molecule has 0 amide bonds. The first kappa shape index (κ1) is 32.6. The normalized spacial score (nSPS) is 23.2. The molecular formula is C38H38F6O2. The zero-order valence-electron chi connectivity index (χ0n) is 25.9. The van der Waals surface area contributed by atoms with Gasteiger partial charge in [0.15, 0.2) is 34.9 Å². The number of benzene rings is 3. The predicted octanol–water partition coefficient (Wildman–Crippen LogP) is 10.7. The number of hydrogen-bond donors (Lipinski definition) is 0. The Kier molecular flexibility index (Phi) is 10.0. The van der Waals surface area contributed by atoms with Gasteiger partial charge in [0.05, 0.1) is 19.3 Å². The lowest BCUT2D eigenvalue weighted by Crippen LogP contribution is -2.27. The number of ether oxygens (including phenoxy) is 2. The second-order valence-corrected chi connectivity index (χ2v) is 12.7. The van der Waals surface area contributed by atoms with Crippen LogP contribution in [-0.2, 0) is 22.5 Å². The highest BCUT2D eigenvalue weighted by Crippen LogP contribution is 2.42. The molecule has 46 heavy (non-hydrogen) atoms. The minimum atomic E-state index is -1.23. The third-order valence-electron chi connectivity index (χ3n) is 9.88. The SMILES string of the molecule is C/C=C/CCc1ccc(-c2ccc(COC3CCC(C4CC=C(c5ccc(C6CO6)c(F)c5F)CC4)CC3)c(F)c2F)c(F)c1F. The molecule has 3 aliphatic rings. The van der Waals surface area contributed by atoms with Crippen LogP contribution >= 0.6 is 0 Å². The van der Waals surface area contributed by atoms with Gasteiger partial charge in [0, 0.05) is 27.8 Å². The van der Waals surface area contributed by atoms with Gasteiger partial charge in [-0.25, -0.2) is 26.3 Å². The van der Waals surface area contributed by atoms with E-state index in [0.717, 1.165) is 44.1 Å². The van der Waals surface area contributed by atoms with E-state index in [-0.39, 0.29) is 46.6 Å². The van der Waals surface area contributed by atoms with E-state index >= 15 is 8.78 Å². The van der Waals surface area contributed by atoms with Gasteiger partial charge >= 0.3 is 0 Å². The molecule has 2 aliphatic carbocycles. The Morgan fingerprint density at radius 3 is 1.98 bits per heavy atom. The number of epoxide rings is 1. The van der Waals surface area contributed by atoms with E-state index in [2.05, 4.69) is 0 Å². The Labute approximate surface area is 266 Å². The van der Waals surface area contributed by atoms with E-state index in [1.807, 2.05) is 25.2 Å². The smallest absolute Gasteiger partial charge is 0.167 e. The molecule has 3 aromatic carbocycles. The van der Waals surface area contributed by atoms with Crippen molar-refractivity contribution >= 4 is 5.57 Å². The maximum absolute atomic E-state index is 15.1. The van der Waals surface area contributed by atoms with Crippen molar-refractivity contribution in [1.29, 1.82) is 0 Å². The molecule has 1 saturated heterocycles. The molecule has 8 heteroatoms. The summed E-state index contributed by atoms with van der Waals surface area (Å²) in [4.78, 5) is 0. The summed E-state index contributed by atoms with van der Waals surface area (Å²) in [5, 5.41) is 0. The number of allylic oxidation sites excluding steroid dienone is 4. The molecule has 2 fully saturated rings. The van der Waals surface area contributed by atoms with Gasteiger partial charge < -0.3 is 9.47 Å². The van der Waals surface area contributed by atoms with Gasteiger partial charge in [-0.15, -0.1) is 0 Å². The molecule has 2 unspecified atom stereocenters. The van der Waals surface area contributed by atoms with Crippen molar-refractivity contribution < 1.29 is 35.8 Å². The highest BCUT2D eigenvalue weighted by Gasteiger charge is 2.33. The molecule has 0 radical (unpaired) electrons. The summed E-state index contributed by atoms with van der Waals surface area (Å²) >= 11 is 0. The Morgan fingerprint density at radius 1 is 0.717 bits per heavy atom. The Bertz CT molecular complexity index is 1630. The van der Waals surface area contributed by atoms with E-state index in [0.29, 0.717) is 43.3 Å². The second kappa shape index (κ2) is 14.2. The number of hydrogen-bond acceptors (Lipinski definition) is 2. The first-order valence-electron chi connectivity index (χ1n) is 16.2. The number of aryl methyl sites for hydroxylation is 1. The van der Waals surface area contributed by atoms with Crippen LogP contribution in [0.1, 0.15) is 86.6 Å². The Morgan fingerprint density at radius 2 is 1.35 bits per heavy atom. The van der Waals surface area contributed by atoms with Gasteiger partial charge in [-0.05, 0) is 87.7 Å². The van der Waals surface area contributed by atoms with Crippen LogP contribution in [-0.4, -0.2) is 12.7 Å². The molecule has 1 heterocycles. The summed E-state index contributed by atoms with van der Waals surface area (Å²) in [6, 6.07) is 8.63. The van der Waals surface area contributed by atoms with E-state index in [4.69, 9.17) is 9.47 Å². The molecule has 3 aromatic rings. The molecule has 0 aromatic heterocycles. The summed E-state index contributed by atoms with van der Waals surface area (Å²) < 4.78 is 100. The zero-order chi connectivity index (χ0) is 32.4. The van der Waals surface area contributed by atoms with Crippen LogP contribution in [0.4, 0.5) is 26.3 Å². The summed E-state index contributed by atoms with van der Waals surface area (Å²) in [7, 11) is 0. The largest absolute Gasteiger partial charge is 0.373 e. The van der Waals surface area contributed by atoms with Crippen LogP contribution < -0.4 is 0 Å².